The van der Waals surface area contributed by atoms with Gasteiger partial charge >= 0.3 is 0 Å². The summed E-state index contributed by atoms with van der Waals surface area (Å²) in [7, 11) is 0. The highest BCUT2D eigenvalue weighted by molar-refractivity contribution is 7.11. The number of hydrogen-bond donors (Lipinski definition) is 1. The number of nitro groups is 1. The molecule has 0 radical (unpaired) electrons. The van der Waals surface area contributed by atoms with Crippen LogP contribution in [-0.2, 0) is 6.54 Å². The summed E-state index contributed by atoms with van der Waals surface area (Å²) in [5.74, 6) is 0. The topological polar surface area (TPSA) is 68.1 Å². The molecule has 2 aromatic rings. The number of benzene rings is 1. The zero-order valence-corrected chi connectivity index (χ0v) is 13.6. The summed E-state index contributed by atoms with van der Waals surface area (Å²) < 4.78 is 0. The van der Waals surface area contributed by atoms with Gasteiger partial charge in [-0.3, -0.25) is 10.1 Å². The molecule has 1 N–H and O–H groups in total. The smallest absolute Gasteiger partial charge is 0.275 e. The van der Waals surface area contributed by atoms with Crippen LogP contribution in [0.4, 0.5) is 5.69 Å². The Morgan fingerprint density at radius 2 is 2.19 bits per heavy atom. The van der Waals surface area contributed by atoms with Crippen LogP contribution in [0.1, 0.15) is 34.1 Å². The van der Waals surface area contributed by atoms with Crippen molar-refractivity contribution in [2.45, 2.75) is 33.4 Å². The minimum absolute atomic E-state index is 0.0411. The van der Waals surface area contributed by atoms with Crippen molar-refractivity contribution in [3.05, 3.63) is 54.5 Å². The van der Waals surface area contributed by atoms with Gasteiger partial charge in [0, 0.05) is 23.5 Å². The first kappa shape index (κ1) is 15.9. The molecule has 0 saturated heterocycles. The highest BCUT2D eigenvalue weighted by Gasteiger charge is 2.18. The Morgan fingerprint density at radius 3 is 2.76 bits per heavy atom. The van der Waals surface area contributed by atoms with Crippen molar-refractivity contribution in [3.8, 4) is 0 Å². The largest absolute Gasteiger partial charge is 0.305 e. The number of rotatable bonds is 5. The van der Waals surface area contributed by atoms with Crippen LogP contribution in [-0.4, -0.2) is 9.91 Å². The van der Waals surface area contributed by atoms with E-state index in [4.69, 9.17) is 11.6 Å². The Balaban J connectivity index is 2.17. The van der Waals surface area contributed by atoms with Crippen LogP contribution in [0.15, 0.2) is 18.2 Å². The van der Waals surface area contributed by atoms with E-state index in [0.717, 1.165) is 15.6 Å². The highest BCUT2D eigenvalue weighted by atomic mass is 35.5. The Morgan fingerprint density at radius 1 is 1.48 bits per heavy atom. The van der Waals surface area contributed by atoms with E-state index in [1.807, 2.05) is 20.8 Å². The normalized spacial score (nSPS) is 12.4. The SMILES string of the molecule is Cc1nc(C)c(C(C)NCc2c(Cl)cccc2[N+](=O)[O-])s1. The lowest BCUT2D eigenvalue weighted by atomic mass is 10.1. The van der Waals surface area contributed by atoms with Crippen molar-refractivity contribution in [1.29, 1.82) is 0 Å². The van der Waals surface area contributed by atoms with Crippen LogP contribution >= 0.6 is 22.9 Å². The first-order valence-electron chi connectivity index (χ1n) is 6.49. The molecule has 0 amide bonds. The van der Waals surface area contributed by atoms with Gasteiger partial charge in [-0.05, 0) is 26.8 Å². The number of nitrogens with one attached hydrogen (secondary N) is 1. The summed E-state index contributed by atoms with van der Waals surface area (Å²) in [4.78, 5) is 16.2. The molecule has 21 heavy (non-hydrogen) atoms. The van der Waals surface area contributed by atoms with Crippen LogP contribution in [0.2, 0.25) is 5.02 Å². The molecule has 2 rings (SSSR count). The van der Waals surface area contributed by atoms with Crippen molar-refractivity contribution in [3.63, 3.8) is 0 Å². The predicted octanol–water partition coefficient (Wildman–Crippen LogP) is 4.17. The third kappa shape index (κ3) is 3.58. The lowest BCUT2D eigenvalue weighted by Gasteiger charge is -2.13. The zero-order chi connectivity index (χ0) is 15.6. The van der Waals surface area contributed by atoms with E-state index < -0.39 is 4.92 Å². The number of nitrogens with zero attached hydrogens (tertiary/aromatic N) is 2. The van der Waals surface area contributed by atoms with Crippen molar-refractivity contribution >= 4 is 28.6 Å². The maximum atomic E-state index is 11.1. The second kappa shape index (κ2) is 6.51. The molecule has 5 nitrogen and oxygen atoms in total. The summed E-state index contributed by atoms with van der Waals surface area (Å²) in [6.07, 6.45) is 0. The van der Waals surface area contributed by atoms with Crippen LogP contribution in [0.3, 0.4) is 0 Å². The molecule has 0 aliphatic rings. The highest BCUT2D eigenvalue weighted by Crippen LogP contribution is 2.28. The monoisotopic (exact) mass is 325 g/mol. The number of hydrogen-bond acceptors (Lipinski definition) is 5. The quantitative estimate of drug-likeness (QED) is 0.661. The average Bonchev–Trinajstić information content (AvgIpc) is 2.75. The van der Waals surface area contributed by atoms with Gasteiger partial charge in [-0.25, -0.2) is 4.98 Å². The molecular weight excluding hydrogens is 310 g/mol. The van der Waals surface area contributed by atoms with Gasteiger partial charge in [0.25, 0.3) is 5.69 Å². The lowest BCUT2D eigenvalue weighted by molar-refractivity contribution is -0.385. The molecule has 0 aliphatic heterocycles. The third-order valence-corrected chi connectivity index (χ3v) is 4.82. The summed E-state index contributed by atoms with van der Waals surface area (Å²) in [5, 5.41) is 15.8. The molecule has 0 fully saturated rings. The number of nitro benzene ring substituents is 1. The van der Waals surface area contributed by atoms with E-state index in [1.54, 1.807) is 23.5 Å². The predicted molar refractivity (Wildman–Crippen MR) is 84.9 cm³/mol. The molecule has 1 atom stereocenters. The fourth-order valence-electron chi connectivity index (χ4n) is 2.19. The second-order valence-corrected chi connectivity index (χ2v) is 6.42. The molecule has 1 unspecified atom stereocenters. The standard InChI is InChI=1S/C14H16ClN3O2S/c1-8(14-9(2)17-10(3)21-14)16-7-11-12(15)5-4-6-13(11)18(19)20/h4-6,8,16H,7H2,1-3H3. The summed E-state index contributed by atoms with van der Waals surface area (Å²) in [6, 6.07) is 4.78. The van der Waals surface area contributed by atoms with E-state index in [9.17, 15) is 10.1 Å². The molecule has 1 heterocycles. The van der Waals surface area contributed by atoms with Crippen LogP contribution in [0.25, 0.3) is 0 Å². The van der Waals surface area contributed by atoms with Gasteiger partial charge in [0.15, 0.2) is 0 Å². The molecule has 1 aromatic heterocycles. The first-order chi connectivity index (χ1) is 9.90. The van der Waals surface area contributed by atoms with Crippen molar-refractivity contribution < 1.29 is 4.92 Å². The van der Waals surface area contributed by atoms with Gasteiger partial charge in [-0.15, -0.1) is 11.3 Å². The van der Waals surface area contributed by atoms with Crippen LogP contribution in [0.5, 0.6) is 0 Å². The maximum absolute atomic E-state index is 11.1. The van der Waals surface area contributed by atoms with Crippen molar-refractivity contribution in [2.75, 3.05) is 0 Å². The average molecular weight is 326 g/mol. The van der Waals surface area contributed by atoms with Gasteiger partial charge < -0.3 is 5.32 Å². The molecule has 0 saturated carbocycles. The number of aryl methyl sites for hydroxylation is 2. The van der Waals surface area contributed by atoms with E-state index in [-0.39, 0.29) is 11.7 Å². The Bertz CT molecular complexity index is 672. The van der Waals surface area contributed by atoms with E-state index in [2.05, 4.69) is 10.3 Å². The number of halogens is 1. The number of thiazole rings is 1. The van der Waals surface area contributed by atoms with Gasteiger partial charge in [-0.2, -0.15) is 0 Å². The van der Waals surface area contributed by atoms with Crippen molar-refractivity contribution in [1.82, 2.24) is 10.3 Å². The zero-order valence-electron chi connectivity index (χ0n) is 12.0. The molecular formula is C14H16ClN3O2S. The van der Waals surface area contributed by atoms with Gasteiger partial charge in [-0.1, -0.05) is 17.7 Å². The Hall–Kier alpha value is -1.50. The van der Waals surface area contributed by atoms with Crippen LogP contribution in [0, 0.1) is 24.0 Å². The molecule has 7 heteroatoms. The second-order valence-electron chi connectivity index (χ2n) is 4.78. The van der Waals surface area contributed by atoms with Gasteiger partial charge in [0.1, 0.15) is 0 Å². The minimum atomic E-state index is -0.407. The van der Waals surface area contributed by atoms with E-state index in [1.165, 1.54) is 6.07 Å². The molecule has 0 spiro atoms. The fraction of sp³-hybridized carbons (Fsp3) is 0.357. The van der Waals surface area contributed by atoms with Crippen LogP contribution < -0.4 is 5.32 Å². The van der Waals surface area contributed by atoms with Gasteiger partial charge in [0.2, 0.25) is 0 Å². The molecule has 0 bridgehead atoms. The van der Waals surface area contributed by atoms with Crippen molar-refractivity contribution in [2.24, 2.45) is 0 Å². The Kier molecular flexibility index (Phi) is 4.92. The fourth-order valence-corrected chi connectivity index (χ4v) is 3.38. The maximum Gasteiger partial charge on any atom is 0.275 e. The van der Waals surface area contributed by atoms with E-state index >= 15 is 0 Å². The lowest BCUT2D eigenvalue weighted by Crippen LogP contribution is -2.19. The van der Waals surface area contributed by atoms with Gasteiger partial charge in [0.05, 0.1) is 26.2 Å². The molecule has 0 aliphatic carbocycles. The van der Waals surface area contributed by atoms with E-state index in [0.29, 0.717) is 17.1 Å². The summed E-state index contributed by atoms with van der Waals surface area (Å²) in [5.41, 5.74) is 1.54. The summed E-state index contributed by atoms with van der Waals surface area (Å²) in [6.45, 7) is 6.29. The number of aromatic nitrogens is 1. The molecule has 1 aromatic carbocycles. The third-order valence-electron chi connectivity index (χ3n) is 3.21. The summed E-state index contributed by atoms with van der Waals surface area (Å²) >= 11 is 7.72. The Labute approximate surface area is 132 Å². The first-order valence-corrected chi connectivity index (χ1v) is 7.68. The molecule has 112 valence electrons. The minimum Gasteiger partial charge on any atom is -0.305 e.